The summed E-state index contributed by atoms with van der Waals surface area (Å²) in [6.07, 6.45) is 2.42. The highest BCUT2D eigenvalue weighted by atomic mass is 19.1. The molecule has 0 saturated carbocycles. The van der Waals surface area contributed by atoms with E-state index in [0.717, 1.165) is 0 Å². The largest absolute Gasteiger partial charge is 0.364 e. The molecule has 0 radical (unpaired) electrons. The molecule has 5 rings (SSSR count). The van der Waals surface area contributed by atoms with Gasteiger partial charge < -0.3 is 5.32 Å². The van der Waals surface area contributed by atoms with Crippen molar-refractivity contribution in [2.24, 2.45) is 5.92 Å². The zero-order valence-electron chi connectivity index (χ0n) is 14.5. The first kappa shape index (κ1) is 16.4. The summed E-state index contributed by atoms with van der Waals surface area (Å²) in [5.41, 5.74) is 0.756. The molecule has 0 amide bonds. The summed E-state index contributed by atoms with van der Waals surface area (Å²) in [7, 11) is 0. The molecule has 0 aliphatic carbocycles. The molecule has 4 heterocycles. The van der Waals surface area contributed by atoms with Gasteiger partial charge in [-0.05, 0) is 75.5 Å². The fraction of sp³-hybridized carbons (Fsp3) is 0.474. The lowest BCUT2D eigenvalue weighted by Crippen LogP contribution is -2.59. The average Bonchev–Trinajstić information content (AvgIpc) is 2.62. The summed E-state index contributed by atoms with van der Waals surface area (Å²) in [5, 5.41) is 11.8. The Morgan fingerprint density at radius 2 is 1.84 bits per heavy atom. The second kappa shape index (κ2) is 6.33. The van der Waals surface area contributed by atoms with E-state index in [4.69, 9.17) is 0 Å². The summed E-state index contributed by atoms with van der Waals surface area (Å²) in [6, 6.07) is 6.68. The lowest BCUT2D eigenvalue weighted by molar-refractivity contribution is 0.0457. The Morgan fingerprint density at radius 1 is 1.08 bits per heavy atom. The van der Waals surface area contributed by atoms with Crippen LogP contribution in [-0.4, -0.2) is 40.3 Å². The molecule has 0 spiro atoms. The summed E-state index contributed by atoms with van der Waals surface area (Å²) in [5.74, 6) is 0.411. The maximum Gasteiger partial charge on any atom is 0.148 e. The number of anilines is 1. The summed E-state index contributed by atoms with van der Waals surface area (Å²) in [4.78, 5) is 2.50. The number of benzene rings is 1. The lowest BCUT2D eigenvalue weighted by atomic mass is 9.79. The molecule has 25 heavy (non-hydrogen) atoms. The monoisotopic (exact) mass is 344 g/mol. The number of fused-ring (bicyclic) bond motifs is 3. The number of nitrogens with zero attached hydrogens (tertiary/aromatic N) is 3. The molecule has 3 saturated heterocycles. The maximum atomic E-state index is 14.1. The van der Waals surface area contributed by atoms with Crippen LogP contribution in [0.2, 0.25) is 0 Å². The standard InChI is InChI=1S/C19H22F2N4/c1-11-9-16(21)14(10-15(11)20)17-3-4-18(24-23-17)22-19-12(2)25-7-5-13(19)6-8-25/h3-4,9-10,12-13,19H,5-8H2,1-2H3,(H,22,24). The van der Waals surface area contributed by atoms with Crippen molar-refractivity contribution in [3.8, 4) is 11.3 Å². The van der Waals surface area contributed by atoms with E-state index in [9.17, 15) is 8.78 Å². The number of piperidine rings is 3. The van der Waals surface area contributed by atoms with Crippen LogP contribution in [0.3, 0.4) is 0 Å². The normalized spacial score (nSPS) is 28.2. The third-order valence-electron chi connectivity index (χ3n) is 5.68. The van der Waals surface area contributed by atoms with Crippen LogP contribution in [0.25, 0.3) is 11.3 Å². The van der Waals surface area contributed by atoms with E-state index in [2.05, 4.69) is 27.3 Å². The second-order valence-corrected chi connectivity index (χ2v) is 7.17. The minimum Gasteiger partial charge on any atom is -0.364 e. The predicted octanol–water partition coefficient (Wildman–Crippen LogP) is 3.62. The lowest BCUT2D eigenvalue weighted by Gasteiger charge is -2.50. The van der Waals surface area contributed by atoms with E-state index in [1.807, 2.05) is 0 Å². The number of rotatable bonds is 3. The van der Waals surface area contributed by atoms with Crippen LogP contribution in [-0.2, 0) is 0 Å². The molecule has 1 aromatic carbocycles. The highest BCUT2D eigenvalue weighted by Gasteiger charge is 2.39. The van der Waals surface area contributed by atoms with E-state index in [-0.39, 0.29) is 11.1 Å². The van der Waals surface area contributed by atoms with Gasteiger partial charge in [0.25, 0.3) is 0 Å². The van der Waals surface area contributed by atoms with Gasteiger partial charge in [0.15, 0.2) is 0 Å². The molecule has 4 nitrogen and oxygen atoms in total. The van der Waals surface area contributed by atoms with Crippen molar-refractivity contribution in [3.05, 3.63) is 41.5 Å². The van der Waals surface area contributed by atoms with Gasteiger partial charge in [-0.1, -0.05) is 0 Å². The number of halogens is 2. The molecule has 6 heteroatoms. The van der Waals surface area contributed by atoms with Crippen LogP contribution < -0.4 is 5.32 Å². The van der Waals surface area contributed by atoms with Gasteiger partial charge in [-0.2, -0.15) is 0 Å². The van der Waals surface area contributed by atoms with Gasteiger partial charge in [-0.25, -0.2) is 8.78 Å². The van der Waals surface area contributed by atoms with Crippen molar-refractivity contribution in [1.29, 1.82) is 0 Å². The summed E-state index contributed by atoms with van der Waals surface area (Å²) in [6.45, 7) is 6.13. The highest BCUT2D eigenvalue weighted by Crippen LogP contribution is 2.34. The van der Waals surface area contributed by atoms with Crippen LogP contribution >= 0.6 is 0 Å². The molecule has 2 bridgehead atoms. The molecule has 2 atom stereocenters. The van der Waals surface area contributed by atoms with E-state index in [1.54, 1.807) is 12.1 Å². The van der Waals surface area contributed by atoms with Gasteiger partial charge in [0, 0.05) is 17.6 Å². The molecular formula is C19H22F2N4. The van der Waals surface area contributed by atoms with E-state index in [0.29, 0.717) is 29.5 Å². The molecule has 3 aliphatic heterocycles. The van der Waals surface area contributed by atoms with E-state index in [1.165, 1.54) is 45.0 Å². The topological polar surface area (TPSA) is 41.0 Å². The first-order chi connectivity index (χ1) is 12.0. The van der Waals surface area contributed by atoms with Crippen molar-refractivity contribution in [2.75, 3.05) is 18.4 Å². The number of nitrogens with one attached hydrogen (secondary N) is 1. The Balaban J connectivity index is 1.54. The Labute approximate surface area is 146 Å². The number of hydrogen-bond donors (Lipinski definition) is 1. The molecule has 1 N–H and O–H groups in total. The molecular weight excluding hydrogens is 322 g/mol. The fourth-order valence-corrected chi connectivity index (χ4v) is 4.11. The Hall–Kier alpha value is -2.08. The Morgan fingerprint density at radius 3 is 2.48 bits per heavy atom. The molecule has 3 fully saturated rings. The van der Waals surface area contributed by atoms with Crippen molar-refractivity contribution in [2.45, 2.75) is 38.8 Å². The Kier molecular flexibility index (Phi) is 4.15. The first-order valence-electron chi connectivity index (χ1n) is 8.83. The Bertz CT molecular complexity index is 768. The molecule has 3 aliphatic rings. The summed E-state index contributed by atoms with van der Waals surface area (Å²) < 4.78 is 27.8. The van der Waals surface area contributed by atoms with Crippen molar-refractivity contribution in [1.82, 2.24) is 15.1 Å². The minimum atomic E-state index is -0.486. The van der Waals surface area contributed by atoms with Crippen LogP contribution in [0.15, 0.2) is 24.3 Å². The average molecular weight is 344 g/mol. The van der Waals surface area contributed by atoms with Gasteiger partial charge in [0.1, 0.15) is 17.5 Å². The fourth-order valence-electron chi connectivity index (χ4n) is 4.11. The van der Waals surface area contributed by atoms with Crippen LogP contribution in [0.1, 0.15) is 25.3 Å². The first-order valence-corrected chi connectivity index (χ1v) is 8.83. The molecule has 2 aromatic rings. The van der Waals surface area contributed by atoms with E-state index >= 15 is 0 Å². The van der Waals surface area contributed by atoms with Crippen molar-refractivity contribution < 1.29 is 8.78 Å². The van der Waals surface area contributed by atoms with Crippen molar-refractivity contribution in [3.63, 3.8) is 0 Å². The van der Waals surface area contributed by atoms with Crippen LogP contribution in [0.5, 0.6) is 0 Å². The second-order valence-electron chi connectivity index (χ2n) is 7.17. The number of hydrogen-bond acceptors (Lipinski definition) is 4. The van der Waals surface area contributed by atoms with Crippen LogP contribution in [0, 0.1) is 24.5 Å². The maximum absolute atomic E-state index is 14.1. The smallest absolute Gasteiger partial charge is 0.148 e. The zero-order valence-corrected chi connectivity index (χ0v) is 14.5. The summed E-state index contributed by atoms with van der Waals surface area (Å²) >= 11 is 0. The molecule has 2 unspecified atom stereocenters. The van der Waals surface area contributed by atoms with E-state index < -0.39 is 11.6 Å². The van der Waals surface area contributed by atoms with Crippen molar-refractivity contribution >= 4 is 5.82 Å². The number of aromatic nitrogens is 2. The SMILES string of the molecule is Cc1cc(F)c(-c2ccc(NC3C4CCN(CC4)C3C)nn2)cc1F. The predicted molar refractivity (Wildman–Crippen MR) is 93.3 cm³/mol. The highest BCUT2D eigenvalue weighted by molar-refractivity contribution is 5.61. The van der Waals surface area contributed by atoms with Gasteiger partial charge in [-0.15, -0.1) is 10.2 Å². The molecule has 1 aromatic heterocycles. The van der Waals surface area contributed by atoms with Gasteiger partial charge in [0.05, 0.1) is 5.69 Å². The van der Waals surface area contributed by atoms with Gasteiger partial charge >= 0.3 is 0 Å². The third-order valence-corrected chi connectivity index (χ3v) is 5.68. The number of aryl methyl sites for hydroxylation is 1. The van der Waals surface area contributed by atoms with Crippen LogP contribution in [0.4, 0.5) is 14.6 Å². The zero-order chi connectivity index (χ0) is 17.6. The third kappa shape index (κ3) is 2.99. The van der Waals surface area contributed by atoms with Gasteiger partial charge in [0.2, 0.25) is 0 Å². The van der Waals surface area contributed by atoms with Gasteiger partial charge in [-0.3, -0.25) is 4.90 Å². The quantitative estimate of drug-likeness (QED) is 0.923. The molecule has 132 valence electrons. The minimum absolute atomic E-state index is 0.137.